The monoisotopic (exact) mass is 181 g/mol. The Hall–Kier alpha value is -0.520. The molecular formula is C11H19NO. The van der Waals surface area contributed by atoms with E-state index in [9.17, 15) is 0 Å². The molecule has 1 N–H and O–H groups in total. The van der Waals surface area contributed by atoms with Crippen LogP contribution in [0.1, 0.15) is 33.1 Å². The smallest absolute Gasteiger partial charge is 0.0779 e. The van der Waals surface area contributed by atoms with E-state index in [0.29, 0.717) is 0 Å². The van der Waals surface area contributed by atoms with Crippen molar-refractivity contribution in [3.8, 4) is 11.8 Å². The van der Waals surface area contributed by atoms with Crippen LogP contribution in [0.25, 0.3) is 0 Å². The molecule has 0 spiro atoms. The molecule has 2 nitrogen and oxygen atoms in total. The molecule has 1 unspecified atom stereocenters. The van der Waals surface area contributed by atoms with Gasteiger partial charge in [0.15, 0.2) is 0 Å². The number of nitrogens with one attached hydrogen (secondary N) is 1. The molecule has 0 radical (unpaired) electrons. The number of rotatable bonds is 4. The molecule has 0 aromatic rings. The molecule has 13 heavy (non-hydrogen) atoms. The van der Waals surface area contributed by atoms with Gasteiger partial charge in [-0.3, -0.25) is 0 Å². The fourth-order valence-corrected chi connectivity index (χ4v) is 1.60. The number of hydrogen-bond donors (Lipinski definition) is 1. The van der Waals surface area contributed by atoms with E-state index in [4.69, 9.17) is 4.74 Å². The van der Waals surface area contributed by atoms with Gasteiger partial charge in [0, 0.05) is 26.1 Å². The lowest BCUT2D eigenvalue weighted by atomic mass is 10.0. The molecule has 0 saturated carbocycles. The zero-order valence-electron chi connectivity index (χ0n) is 8.65. The maximum atomic E-state index is 5.65. The summed E-state index contributed by atoms with van der Waals surface area (Å²) in [6.45, 7) is 6.91. The minimum atomic E-state index is 0.0830. The Morgan fingerprint density at radius 3 is 3.00 bits per heavy atom. The second-order valence-corrected chi connectivity index (χ2v) is 3.76. The van der Waals surface area contributed by atoms with Crippen molar-refractivity contribution < 1.29 is 4.74 Å². The largest absolute Gasteiger partial charge is 0.374 e. The first kappa shape index (κ1) is 10.6. The highest BCUT2D eigenvalue weighted by molar-refractivity contribution is 4.95. The van der Waals surface area contributed by atoms with Gasteiger partial charge in [-0.25, -0.2) is 0 Å². The maximum absolute atomic E-state index is 5.65. The van der Waals surface area contributed by atoms with E-state index < -0.39 is 0 Å². The summed E-state index contributed by atoms with van der Waals surface area (Å²) >= 11 is 0. The molecule has 74 valence electrons. The predicted octanol–water partition coefficient (Wildman–Crippen LogP) is 1.56. The van der Waals surface area contributed by atoms with Crippen LogP contribution in [-0.2, 0) is 4.74 Å². The first-order valence-corrected chi connectivity index (χ1v) is 5.01. The molecule has 1 saturated heterocycles. The summed E-state index contributed by atoms with van der Waals surface area (Å²) in [4.78, 5) is 0. The summed E-state index contributed by atoms with van der Waals surface area (Å²) < 4.78 is 5.65. The number of ether oxygens (including phenoxy) is 1. The zero-order chi connectivity index (χ0) is 9.57. The Morgan fingerprint density at radius 1 is 1.54 bits per heavy atom. The second-order valence-electron chi connectivity index (χ2n) is 3.76. The zero-order valence-corrected chi connectivity index (χ0v) is 8.65. The van der Waals surface area contributed by atoms with E-state index in [1.165, 1.54) is 12.8 Å². The third-order valence-corrected chi connectivity index (χ3v) is 2.40. The third kappa shape index (κ3) is 3.80. The molecule has 0 aromatic heterocycles. The van der Waals surface area contributed by atoms with E-state index in [1.807, 2.05) is 6.92 Å². The van der Waals surface area contributed by atoms with Crippen molar-refractivity contribution in [2.24, 2.45) is 0 Å². The Morgan fingerprint density at radius 2 is 2.38 bits per heavy atom. The summed E-state index contributed by atoms with van der Waals surface area (Å²) in [5.41, 5.74) is 0.0830. The summed E-state index contributed by atoms with van der Waals surface area (Å²) in [5.74, 6) is 5.92. The van der Waals surface area contributed by atoms with Gasteiger partial charge >= 0.3 is 0 Å². The fourth-order valence-electron chi connectivity index (χ4n) is 1.60. The normalized spacial score (nSPS) is 26.9. The van der Waals surface area contributed by atoms with E-state index >= 15 is 0 Å². The summed E-state index contributed by atoms with van der Waals surface area (Å²) in [6, 6.07) is 0. The van der Waals surface area contributed by atoms with Crippen LogP contribution in [-0.4, -0.2) is 25.3 Å². The van der Waals surface area contributed by atoms with E-state index in [-0.39, 0.29) is 5.60 Å². The number of hydrogen-bond acceptors (Lipinski definition) is 2. The standard InChI is InChI=1S/C11H19NO/c1-3-4-5-8-12-10-11(2)7-6-9-13-11/h12H,5-10H2,1-2H3. The molecule has 0 aromatic carbocycles. The van der Waals surface area contributed by atoms with Gasteiger partial charge in [-0.1, -0.05) is 0 Å². The second kappa shape index (κ2) is 5.26. The molecule has 0 aliphatic carbocycles. The molecule has 1 atom stereocenters. The van der Waals surface area contributed by atoms with Crippen molar-refractivity contribution in [2.75, 3.05) is 19.7 Å². The van der Waals surface area contributed by atoms with Crippen LogP contribution >= 0.6 is 0 Å². The van der Waals surface area contributed by atoms with Gasteiger partial charge in [-0.15, -0.1) is 11.8 Å². The van der Waals surface area contributed by atoms with Gasteiger partial charge in [0.2, 0.25) is 0 Å². The Labute approximate surface area is 81.0 Å². The Kier molecular flexibility index (Phi) is 4.27. The van der Waals surface area contributed by atoms with Crippen molar-refractivity contribution in [3.63, 3.8) is 0 Å². The maximum Gasteiger partial charge on any atom is 0.0779 e. The van der Waals surface area contributed by atoms with Crippen molar-refractivity contribution in [1.29, 1.82) is 0 Å². The minimum absolute atomic E-state index is 0.0830. The lowest BCUT2D eigenvalue weighted by molar-refractivity contribution is 0.0212. The van der Waals surface area contributed by atoms with Crippen LogP contribution in [0.3, 0.4) is 0 Å². The van der Waals surface area contributed by atoms with Crippen molar-refractivity contribution in [1.82, 2.24) is 5.32 Å². The summed E-state index contributed by atoms with van der Waals surface area (Å²) in [7, 11) is 0. The van der Waals surface area contributed by atoms with Crippen molar-refractivity contribution in [3.05, 3.63) is 0 Å². The first-order valence-electron chi connectivity index (χ1n) is 5.01. The molecular weight excluding hydrogens is 162 g/mol. The predicted molar refractivity (Wildman–Crippen MR) is 54.5 cm³/mol. The highest BCUT2D eigenvalue weighted by Crippen LogP contribution is 2.23. The van der Waals surface area contributed by atoms with Gasteiger partial charge in [-0.05, 0) is 26.7 Å². The van der Waals surface area contributed by atoms with Gasteiger partial charge in [0.25, 0.3) is 0 Å². The summed E-state index contributed by atoms with van der Waals surface area (Å²) in [6.07, 6.45) is 3.32. The molecule has 1 rings (SSSR count). The molecule has 2 heteroatoms. The van der Waals surface area contributed by atoms with Crippen molar-refractivity contribution >= 4 is 0 Å². The average Bonchev–Trinajstić information content (AvgIpc) is 2.53. The van der Waals surface area contributed by atoms with Crippen LogP contribution in [0.5, 0.6) is 0 Å². The topological polar surface area (TPSA) is 21.3 Å². The molecule has 1 aliphatic heterocycles. The van der Waals surface area contributed by atoms with Gasteiger partial charge in [0.1, 0.15) is 0 Å². The first-order chi connectivity index (χ1) is 6.27. The van der Waals surface area contributed by atoms with Crippen LogP contribution in [0, 0.1) is 11.8 Å². The molecule has 1 aliphatic rings. The van der Waals surface area contributed by atoms with Gasteiger partial charge in [0.05, 0.1) is 5.60 Å². The molecule has 1 fully saturated rings. The third-order valence-electron chi connectivity index (χ3n) is 2.40. The lowest BCUT2D eigenvalue weighted by Gasteiger charge is -2.23. The van der Waals surface area contributed by atoms with Crippen LogP contribution in [0.2, 0.25) is 0 Å². The molecule has 1 heterocycles. The van der Waals surface area contributed by atoms with Crippen LogP contribution < -0.4 is 5.32 Å². The minimum Gasteiger partial charge on any atom is -0.374 e. The lowest BCUT2D eigenvalue weighted by Crippen LogP contribution is -2.37. The van der Waals surface area contributed by atoms with Crippen LogP contribution in [0.15, 0.2) is 0 Å². The Bertz CT molecular complexity index is 196. The van der Waals surface area contributed by atoms with E-state index in [1.54, 1.807) is 0 Å². The Balaban J connectivity index is 2.06. The highest BCUT2D eigenvalue weighted by atomic mass is 16.5. The van der Waals surface area contributed by atoms with Crippen molar-refractivity contribution in [2.45, 2.75) is 38.7 Å². The SMILES string of the molecule is CC#CCCNCC1(C)CCCO1. The average molecular weight is 181 g/mol. The summed E-state index contributed by atoms with van der Waals surface area (Å²) in [5, 5.41) is 3.38. The fraction of sp³-hybridized carbons (Fsp3) is 0.818. The van der Waals surface area contributed by atoms with E-state index in [2.05, 4.69) is 24.1 Å². The van der Waals surface area contributed by atoms with E-state index in [0.717, 1.165) is 26.1 Å². The highest BCUT2D eigenvalue weighted by Gasteiger charge is 2.28. The quantitative estimate of drug-likeness (QED) is 0.525. The van der Waals surface area contributed by atoms with Gasteiger partial charge in [-0.2, -0.15) is 0 Å². The molecule has 0 amide bonds. The van der Waals surface area contributed by atoms with Gasteiger partial charge < -0.3 is 10.1 Å². The van der Waals surface area contributed by atoms with Crippen LogP contribution in [0.4, 0.5) is 0 Å². The molecule has 0 bridgehead atoms.